The zero-order valence-electron chi connectivity index (χ0n) is 8.98. The Morgan fingerprint density at radius 1 is 1.00 bits per heavy atom. The van der Waals surface area contributed by atoms with Crippen molar-refractivity contribution in [2.24, 2.45) is 0 Å². The summed E-state index contributed by atoms with van der Waals surface area (Å²) in [6, 6.07) is 9.52. The average Bonchev–Trinajstić information content (AvgIpc) is 2.32. The van der Waals surface area contributed by atoms with Gasteiger partial charge in [-0.05, 0) is 18.4 Å². The highest BCUT2D eigenvalue weighted by Crippen LogP contribution is 2.12. The molecule has 1 fully saturated rings. The van der Waals surface area contributed by atoms with Crippen molar-refractivity contribution in [3.63, 3.8) is 0 Å². The van der Waals surface area contributed by atoms with E-state index in [1.165, 1.54) is 6.42 Å². The summed E-state index contributed by atoms with van der Waals surface area (Å²) in [5.74, 6) is 0.464. The van der Waals surface area contributed by atoms with E-state index in [1.807, 2.05) is 30.3 Å². The third-order valence-corrected chi connectivity index (χ3v) is 2.44. The lowest BCUT2D eigenvalue weighted by Gasteiger charge is -2.05. The molecule has 1 saturated carbocycles. The van der Waals surface area contributed by atoms with Crippen molar-refractivity contribution in [1.82, 2.24) is 0 Å². The molecule has 0 heterocycles. The fourth-order valence-corrected chi connectivity index (χ4v) is 1.53. The molecule has 1 aliphatic carbocycles. The molecule has 2 heteroatoms. The number of Topliss-reactive ketones (excluding diaryl/α,β-unsaturated/α-hetero) is 1. The monoisotopic (exact) mass is 206 g/mol. The van der Waals surface area contributed by atoms with Crippen molar-refractivity contribution < 1.29 is 9.90 Å². The van der Waals surface area contributed by atoms with E-state index in [4.69, 9.17) is 5.11 Å². The Morgan fingerprint density at radius 3 is 1.93 bits per heavy atom. The molecule has 0 aliphatic heterocycles. The Bertz CT molecular complexity index is 272. The van der Waals surface area contributed by atoms with Crippen LogP contribution in [0.25, 0.3) is 0 Å². The van der Waals surface area contributed by atoms with Crippen LogP contribution in [0.5, 0.6) is 0 Å². The molecular weight excluding hydrogens is 188 g/mol. The summed E-state index contributed by atoms with van der Waals surface area (Å²) in [4.78, 5) is 10.5. The highest BCUT2D eigenvalue weighted by Gasteiger charge is 2.05. The van der Waals surface area contributed by atoms with Gasteiger partial charge < -0.3 is 5.11 Å². The normalized spacial score (nSPS) is 15.4. The van der Waals surface area contributed by atoms with Crippen LogP contribution in [-0.4, -0.2) is 10.9 Å². The van der Waals surface area contributed by atoms with Gasteiger partial charge in [0.25, 0.3) is 0 Å². The zero-order valence-corrected chi connectivity index (χ0v) is 8.98. The average molecular weight is 206 g/mol. The highest BCUT2D eigenvalue weighted by atomic mass is 16.3. The van der Waals surface area contributed by atoms with Crippen LogP contribution < -0.4 is 0 Å². The molecule has 15 heavy (non-hydrogen) atoms. The molecule has 0 spiro atoms. The largest absolute Gasteiger partial charge is 0.392 e. The number of carbonyl (C=O) groups excluding carboxylic acids is 1. The summed E-state index contributed by atoms with van der Waals surface area (Å²) >= 11 is 0. The van der Waals surface area contributed by atoms with E-state index in [0.717, 1.165) is 31.2 Å². The minimum Gasteiger partial charge on any atom is -0.392 e. The highest BCUT2D eigenvalue weighted by molar-refractivity contribution is 5.78. The van der Waals surface area contributed by atoms with Crippen LogP contribution in [0.3, 0.4) is 0 Å². The van der Waals surface area contributed by atoms with Crippen LogP contribution in [0.1, 0.15) is 37.7 Å². The van der Waals surface area contributed by atoms with Gasteiger partial charge in [0.1, 0.15) is 5.78 Å². The molecule has 1 aliphatic rings. The lowest BCUT2D eigenvalue weighted by atomic mass is 10.00. The predicted molar refractivity (Wildman–Crippen MR) is 60.5 cm³/mol. The number of aliphatic hydroxyl groups is 1. The van der Waals surface area contributed by atoms with Crippen LogP contribution >= 0.6 is 0 Å². The van der Waals surface area contributed by atoms with E-state index in [2.05, 4.69) is 0 Å². The summed E-state index contributed by atoms with van der Waals surface area (Å²) in [6.07, 6.45) is 5.24. The molecule has 2 rings (SSSR count). The first-order chi connectivity index (χ1) is 7.33. The molecule has 1 N–H and O–H groups in total. The molecule has 0 aromatic heterocycles. The smallest absolute Gasteiger partial charge is 0.132 e. The number of benzene rings is 1. The summed E-state index contributed by atoms with van der Waals surface area (Å²) in [7, 11) is 0. The second kappa shape index (κ2) is 7.18. The van der Waals surface area contributed by atoms with Gasteiger partial charge >= 0.3 is 0 Å². The quantitative estimate of drug-likeness (QED) is 0.767. The molecule has 82 valence electrons. The number of hydrogen-bond donors (Lipinski definition) is 1. The third-order valence-electron chi connectivity index (χ3n) is 2.44. The topological polar surface area (TPSA) is 37.3 Å². The van der Waals surface area contributed by atoms with Gasteiger partial charge in [0.15, 0.2) is 0 Å². The van der Waals surface area contributed by atoms with Gasteiger partial charge in [0, 0.05) is 12.8 Å². The number of carbonyl (C=O) groups is 1. The fourth-order valence-electron chi connectivity index (χ4n) is 1.53. The van der Waals surface area contributed by atoms with Crippen molar-refractivity contribution in [2.75, 3.05) is 0 Å². The number of rotatable bonds is 1. The molecule has 0 amide bonds. The van der Waals surface area contributed by atoms with Crippen LogP contribution in [0.2, 0.25) is 0 Å². The van der Waals surface area contributed by atoms with Gasteiger partial charge in [-0.1, -0.05) is 36.8 Å². The number of aliphatic hydroxyl groups excluding tert-OH is 1. The van der Waals surface area contributed by atoms with Gasteiger partial charge in [-0.2, -0.15) is 0 Å². The van der Waals surface area contributed by atoms with E-state index in [-0.39, 0.29) is 6.61 Å². The maximum atomic E-state index is 10.5. The molecule has 0 bridgehead atoms. The molecule has 0 radical (unpaired) electrons. The van der Waals surface area contributed by atoms with Crippen molar-refractivity contribution in [3.05, 3.63) is 35.9 Å². The second-order valence-electron chi connectivity index (χ2n) is 3.74. The van der Waals surface area contributed by atoms with E-state index in [0.29, 0.717) is 5.78 Å². The Labute approximate surface area is 90.9 Å². The summed E-state index contributed by atoms with van der Waals surface area (Å²) in [5.41, 5.74) is 0.965. The van der Waals surface area contributed by atoms with E-state index in [1.54, 1.807) is 0 Å². The lowest BCUT2D eigenvalue weighted by molar-refractivity contribution is -0.120. The molecule has 0 saturated heterocycles. The van der Waals surface area contributed by atoms with Crippen molar-refractivity contribution in [1.29, 1.82) is 0 Å². The van der Waals surface area contributed by atoms with Gasteiger partial charge in [-0.3, -0.25) is 4.79 Å². The van der Waals surface area contributed by atoms with E-state index >= 15 is 0 Å². The van der Waals surface area contributed by atoms with Gasteiger partial charge in [-0.15, -0.1) is 0 Å². The van der Waals surface area contributed by atoms with Crippen molar-refractivity contribution in [2.45, 2.75) is 38.7 Å². The minimum atomic E-state index is 0.140. The van der Waals surface area contributed by atoms with Crippen LogP contribution in [0.4, 0.5) is 0 Å². The summed E-state index contributed by atoms with van der Waals surface area (Å²) in [5, 5.41) is 8.54. The van der Waals surface area contributed by atoms with E-state index in [9.17, 15) is 4.79 Å². The maximum Gasteiger partial charge on any atom is 0.132 e. The summed E-state index contributed by atoms with van der Waals surface area (Å²) < 4.78 is 0. The van der Waals surface area contributed by atoms with Crippen molar-refractivity contribution >= 4 is 5.78 Å². The SMILES string of the molecule is O=C1CCCCC1.OCc1ccccc1. The molecule has 0 unspecified atom stereocenters. The van der Waals surface area contributed by atoms with Gasteiger partial charge in [-0.25, -0.2) is 0 Å². The van der Waals surface area contributed by atoms with E-state index < -0.39 is 0 Å². The Hall–Kier alpha value is -1.15. The Kier molecular flexibility index (Phi) is 5.71. The molecule has 0 atom stereocenters. The van der Waals surface area contributed by atoms with Gasteiger partial charge in [0.05, 0.1) is 6.61 Å². The Balaban J connectivity index is 0.000000151. The first kappa shape index (κ1) is 11.9. The molecular formula is C13H18O2. The first-order valence-electron chi connectivity index (χ1n) is 5.49. The zero-order chi connectivity index (χ0) is 10.9. The summed E-state index contributed by atoms with van der Waals surface area (Å²) in [6.45, 7) is 0.140. The second-order valence-corrected chi connectivity index (χ2v) is 3.74. The van der Waals surface area contributed by atoms with Gasteiger partial charge in [0.2, 0.25) is 0 Å². The standard InChI is InChI=1S/C7H8O.C6H10O/c8-6-7-4-2-1-3-5-7;7-6-4-2-1-3-5-6/h1-5,8H,6H2;1-5H2. The third kappa shape index (κ3) is 5.33. The van der Waals surface area contributed by atoms with Crippen LogP contribution in [0.15, 0.2) is 30.3 Å². The fraction of sp³-hybridized carbons (Fsp3) is 0.462. The lowest BCUT2D eigenvalue weighted by Crippen LogP contribution is -2.02. The number of hydrogen-bond acceptors (Lipinski definition) is 2. The predicted octanol–water partition coefficient (Wildman–Crippen LogP) is 2.70. The first-order valence-corrected chi connectivity index (χ1v) is 5.49. The van der Waals surface area contributed by atoms with Crippen molar-refractivity contribution in [3.8, 4) is 0 Å². The minimum absolute atomic E-state index is 0.140. The molecule has 2 nitrogen and oxygen atoms in total. The maximum absolute atomic E-state index is 10.5. The number of ketones is 1. The van der Waals surface area contributed by atoms with Crippen LogP contribution in [0, 0.1) is 0 Å². The Morgan fingerprint density at radius 2 is 1.60 bits per heavy atom. The molecule has 1 aromatic carbocycles. The molecule has 1 aromatic rings. The van der Waals surface area contributed by atoms with Crippen LogP contribution in [-0.2, 0) is 11.4 Å².